The molecule has 2 aliphatic carbocycles. The van der Waals surface area contributed by atoms with Crippen LogP contribution in [0.1, 0.15) is 31.2 Å². The number of rotatable bonds is 2. The lowest BCUT2D eigenvalue weighted by molar-refractivity contribution is 1.02. The van der Waals surface area contributed by atoms with Crippen LogP contribution >= 0.6 is 0 Å². The first-order chi connectivity index (χ1) is 8.88. The maximum absolute atomic E-state index is 2.41. The zero-order chi connectivity index (χ0) is 12.4. The molecule has 0 heterocycles. The zero-order valence-corrected chi connectivity index (χ0v) is 10.8. The molecule has 0 fully saturated rings. The van der Waals surface area contributed by atoms with E-state index in [-0.39, 0.29) is 0 Å². The van der Waals surface area contributed by atoms with E-state index in [1.165, 1.54) is 16.7 Å². The molecule has 0 nitrogen and oxygen atoms in total. The quantitative estimate of drug-likeness (QED) is 0.680. The Hall–Kier alpha value is -1.82. The van der Waals surface area contributed by atoms with Crippen LogP contribution in [0, 0.1) is 0 Å². The normalized spacial score (nSPS) is 21.8. The summed E-state index contributed by atoms with van der Waals surface area (Å²) in [4.78, 5) is 0. The second-order valence-electron chi connectivity index (χ2n) is 4.95. The van der Waals surface area contributed by atoms with Gasteiger partial charge in [-0.25, -0.2) is 0 Å². The van der Waals surface area contributed by atoms with Crippen LogP contribution in [-0.2, 0) is 0 Å². The van der Waals surface area contributed by atoms with Gasteiger partial charge in [0, 0.05) is 5.92 Å². The van der Waals surface area contributed by atoms with Gasteiger partial charge in [0.15, 0.2) is 0 Å². The fourth-order valence-corrected chi connectivity index (χ4v) is 2.78. The smallest absolute Gasteiger partial charge is 0.0275 e. The number of benzene rings is 1. The van der Waals surface area contributed by atoms with Gasteiger partial charge < -0.3 is 0 Å². The SMILES string of the molecule is CCC1=CC2=C(C=CC=CC2c2ccccc2)C1. The molecule has 1 atom stereocenters. The van der Waals surface area contributed by atoms with E-state index in [1.807, 2.05) is 0 Å². The van der Waals surface area contributed by atoms with E-state index in [9.17, 15) is 0 Å². The lowest BCUT2D eigenvalue weighted by Gasteiger charge is -2.14. The van der Waals surface area contributed by atoms with Crippen molar-refractivity contribution in [3.05, 3.63) is 83.0 Å². The van der Waals surface area contributed by atoms with Crippen molar-refractivity contribution in [2.45, 2.75) is 25.7 Å². The Morgan fingerprint density at radius 2 is 1.94 bits per heavy atom. The van der Waals surface area contributed by atoms with Gasteiger partial charge in [-0.05, 0) is 29.6 Å². The van der Waals surface area contributed by atoms with Crippen molar-refractivity contribution in [3.63, 3.8) is 0 Å². The molecular weight excluding hydrogens is 216 g/mol. The molecule has 0 bridgehead atoms. The van der Waals surface area contributed by atoms with Crippen LogP contribution in [0.3, 0.4) is 0 Å². The van der Waals surface area contributed by atoms with E-state index in [0.29, 0.717) is 5.92 Å². The Kier molecular flexibility index (Phi) is 3.02. The van der Waals surface area contributed by atoms with E-state index < -0.39 is 0 Å². The van der Waals surface area contributed by atoms with Gasteiger partial charge in [-0.15, -0.1) is 0 Å². The molecule has 90 valence electrons. The third kappa shape index (κ3) is 1.99. The van der Waals surface area contributed by atoms with E-state index in [1.54, 1.807) is 5.57 Å². The van der Waals surface area contributed by atoms with Crippen LogP contribution in [0.2, 0.25) is 0 Å². The van der Waals surface area contributed by atoms with Gasteiger partial charge in [-0.3, -0.25) is 0 Å². The predicted molar refractivity (Wildman–Crippen MR) is 77.5 cm³/mol. The third-order valence-corrected chi connectivity index (χ3v) is 3.81. The monoisotopic (exact) mass is 234 g/mol. The zero-order valence-electron chi connectivity index (χ0n) is 10.8. The first-order valence-corrected chi connectivity index (χ1v) is 6.71. The molecule has 0 amide bonds. The number of hydrogen-bond donors (Lipinski definition) is 0. The Balaban J connectivity index is 2.03. The Morgan fingerprint density at radius 3 is 2.72 bits per heavy atom. The van der Waals surface area contributed by atoms with E-state index in [0.717, 1.165) is 12.8 Å². The van der Waals surface area contributed by atoms with Crippen molar-refractivity contribution in [1.29, 1.82) is 0 Å². The molecule has 0 heteroatoms. The minimum absolute atomic E-state index is 0.417. The minimum atomic E-state index is 0.417. The van der Waals surface area contributed by atoms with Crippen LogP contribution in [0.15, 0.2) is 77.4 Å². The lowest BCUT2D eigenvalue weighted by atomic mass is 9.90. The van der Waals surface area contributed by atoms with Gasteiger partial charge in [0.25, 0.3) is 0 Å². The summed E-state index contributed by atoms with van der Waals surface area (Å²) in [7, 11) is 0. The van der Waals surface area contributed by atoms with Crippen molar-refractivity contribution in [1.82, 2.24) is 0 Å². The van der Waals surface area contributed by atoms with Crippen molar-refractivity contribution < 1.29 is 0 Å². The summed E-state index contributed by atoms with van der Waals surface area (Å²) in [5.74, 6) is 0.417. The molecule has 18 heavy (non-hydrogen) atoms. The fourth-order valence-electron chi connectivity index (χ4n) is 2.78. The van der Waals surface area contributed by atoms with Crippen LogP contribution in [0.25, 0.3) is 0 Å². The first kappa shape index (κ1) is 11.3. The maximum Gasteiger partial charge on any atom is 0.0275 e. The summed E-state index contributed by atoms with van der Waals surface area (Å²) in [6.45, 7) is 2.25. The summed E-state index contributed by atoms with van der Waals surface area (Å²) in [6, 6.07) is 10.8. The van der Waals surface area contributed by atoms with Gasteiger partial charge in [-0.2, -0.15) is 0 Å². The topological polar surface area (TPSA) is 0 Å². The van der Waals surface area contributed by atoms with Crippen LogP contribution < -0.4 is 0 Å². The molecule has 3 rings (SSSR count). The van der Waals surface area contributed by atoms with Gasteiger partial charge in [0.05, 0.1) is 0 Å². The average molecular weight is 234 g/mol. The fraction of sp³-hybridized carbons (Fsp3) is 0.222. The minimum Gasteiger partial charge on any atom is -0.0726 e. The van der Waals surface area contributed by atoms with E-state index >= 15 is 0 Å². The second-order valence-corrected chi connectivity index (χ2v) is 4.95. The summed E-state index contributed by atoms with van der Waals surface area (Å²) in [5, 5.41) is 0. The predicted octanol–water partition coefficient (Wildman–Crippen LogP) is 4.93. The Bertz CT molecular complexity index is 553. The van der Waals surface area contributed by atoms with Crippen molar-refractivity contribution in [2.24, 2.45) is 0 Å². The molecule has 0 spiro atoms. The molecule has 0 radical (unpaired) electrons. The number of hydrogen-bond acceptors (Lipinski definition) is 0. The number of allylic oxidation sites excluding steroid dienone is 8. The highest BCUT2D eigenvalue weighted by molar-refractivity contribution is 5.53. The van der Waals surface area contributed by atoms with E-state index in [2.05, 4.69) is 67.6 Å². The molecule has 2 aliphatic rings. The molecule has 1 unspecified atom stereocenters. The highest BCUT2D eigenvalue weighted by atomic mass is 14.3. The summed E-state index contributed by atoms with van der Waals surface area (Å²) in [5.41, 5.74) is 5.92. The molecule has 1 aromatic carbocycles. The summed E-state index contributed by atoms with van der Waals surface area (Å²) >= 11 is 0. The molecule has 0 N–H and O–H groups in total. The molecule has 0 aliphatic heterocycles. The molecule has 0 saturated carbocycles. The standard InChI is InChI=1S/C18H18/c1-2-14-12-16-10-6-7-11-17(18(16)13-14)15-8-4-3-5-9-15/h3-11,13,17H,2,12H2,1H3. The Labute approximate surface area is 109 Å². The lowest BCUT2D eigenvalue weighted by Crippen LogP contribution is -1.97. The third-order valence-electron chi connectivity index (χ3n) is 3.81. The average Bonchev–Trinajstić information content (AvgIpc) is 2.73. The van der Waals surface area contributed by atoms with Crippen LogP contribution in [0.4, 0.5) is 0 Å². The highest BCUT2D eigenvalue weighted by Gasteiger charge is 2.21. The molecular formula is C18H18. The van der Waals surface area contributed by atoms with Crippen LogP contribution in [0.5, 0.6) is 0 Å². The van der Waals surface area contributed by atoms with Crippen molar-refractivity contribution in [2.75, 3.05) is 0 Å². The molecule has 0 aromatic heterocycles. The summed E-state index contributed by atoms with van der Waals surface area (Å²) in [6.07, 6.45) is 13.6. The Morgan fingerprint density at radius 1 is 1.11 bits per heavy atom. The van der Waals surface area contributed by atoms with Crippen molar-refractivity contribution >= 4 is 0 Å². The van der Waals surface area contributed by atoms with Crippen molar-refractivity contribution in [3.8, 4) is 0 Å². The van der Waals surface area contributed by atoms with Gasteiger partial charge >= 0.3 is 0 Å². The van der Waals surface area contributed by atoms with Gasteiger partial charge in [0.2, 0.25) is 0 Å². The highest BCUT2D eigenvalue weighted by Crippen LogP contribution is 2.39. The van der Waals surface area contributed by atoms with Crippen LogP contribution in [-0.4, -0.2) is 0 Å². The first-order valence-electron chi connectivity index (χ1n) is 6.71. The summed E-state index contributed by atoms with van der Waals surface area (Å²) < 4.78 is 0. The largest absolute Gasteiger partial charge is 0.0726 e. The molecule has 0 saturated heterocycles. The van der Waals surface area contributed by atoms with Gasteiger partial charge in [-0.1, -0.05) is 73.2 Å². The van der Waals surface area contributed by atoms with Gasteiger partial charge in [0.1, 0.15) is 0 Å². The molecule has 1 aromatic rings. The maximum atomic E-state index is 2.41. The van der Waals surface area contributed by atoms with E-state index in [4.69, 9.17) is 0 Å². The second kappa shape index (κ2) is 4.81.